The summed E-state index contributed by atoms with van der Waals surface area (Å²) in [7, 11) is 4.06. The van der Waals surface area contributed by atoms with Crippen molar-refractivity contribution in [2.24, 2.45) is 9.98 Å². The third-order valence-corrected chi connectivity index (χ3v) is 2.22. The quantitative estimate of drug-likeness (QED) is 0.631. The number of nitrogens with zero attached hydrogens (tertiary/aromatic N) is 3. The van der Waals surface area contributed by atoms with E-state index in [1.165, 1.54) is 5.71 Å². The molecule has 1 atom stereocenters. The molecule has 0 amide bonds. The Morgan fingerprint density at radius 2 is 2.21 bits per heavy atom. The molecule has 0 N–H and O–H groups in total. The minimum atomic E-state index is 0.0842. The van der Waals surface area contributed by atoms with Gasteiger partial charge in [-0.05, 0) is 19.8 Å². The van der Waals surface area contributed by atoms with Crippen LogP contribution in [0.25, 0.3) is 0 Å². The number of rotatable bonds is 3. The lowest BCUT2D eigenvalue weighted by molar-refractivity contribution is 0.591. The summed E-state index contributed by atoms with van der Waals surface area (Å²) in [6, 6.07) is 0. The average Bonchev–Trinajstić information content (AvgIpc) is 2.14. The highest BCUT2D eigenvalue weighted by molar-refractivity contribution is 6.04. The number of allylic oxidation sites excluding steroid dienone is 1. The van der Waals surface area contributed by atoms with Crippen molar-refractivity contribution in [1.82, 2.24) is 4.90 Å². The Morgan fingerprint density at radius 3 is 2.79 bits per heavy atom. The van der Waals surface area contributed by atoms with Gasteiger partial charge < -0.3 is 4.90 Å². The van der Waals surface area contributed by atoms with Crippen LogP contribution in [0, 0.1) is 0 Å². The number of aliphatic imine (C=N–C) groups is 2. The molecular weight excluding hydrogens is 174 g/mol. The first-order valence-electron chi connectivity index (χ1n) is 5.04. The maximum atomic E-state index is 4.51. The Balaban J connectivity index is 2.60. The number of hydrogen-bond donors (Lipinski definition) is 0. The molecule has 1 unspecified atom stereocenters. The molecule has 0 bridgehead atoms. The molecule has 0 saturated heterocycles. The minimum absolute atomic E-state index is 0.0842. The summed E-state index contributed by atoms with van der Waals surface area (Å²) in [5.74, 6) is 1.13. The lowest BCUT2D eigenvalue weighted by Crippen LogP contribution is -2.29. The Hall–Kier alpha value is -1.12. The highest BCUT2D eigenvalue weighted by Crippen LogP contribution is 2.11. The molecule has 0 aromatic rings. The molecule has 1 aliphatic rings. The molecule has 1 heterocycles. The van der Waals surface area contributed by atoms with Crippen molar-refractivity contribution in [3.05, 3.63) is 12.7 Å². The number of hydrogen-bond acceptors (Lipinski definition) is 3. The van der Waals surface area contributed by atoms with Gasteiger partial charge >= 0.3 is 0 Å². The van der Waals surface area contributed by atoms with Crippen LogP contribution in [0.15, 0.2) is 22.6 Å². The molecule has 0 spiro atoms. The van der Waals surface area contributed by atoms with Crippen LogP contribution >= 0.6 is 0 Å². The van der Waals surface area contributed by atoms with Gasteiger partial charge in [0.15, 0.2) is 0 Å². The summed E-state index contributed by atoms with van der Waals surface area (Å²) in [5.41, 5.74) is 1.25. The van der Waals surface area contributed by atoms with Crippen molar-refractivity contribution in [1.29, 1.82) is 0 Å². The molecule has 78 valence electrons. The second-order valence-electron chi connectivity index (χ2n) is 3.77. The zero-order valence-electron chi connectivity index (χ0n) is 9.32. The Morgan fingerprint density at radius 1 is 1.50 bits per heavy atom. The molecule has 1 aliphatic heterocycles. The minimum Gasteiger partial charge on any atom is -0.366 e. The zero-order chi connectivity index (χ0) is 10.6. The van der Waals surface area contributed by atoms with Gasteiger partial charge in [-0.3, -0.25) is 4.99 Å². The summed E-state index contributed by atoms with van der Waals surface area (Å²) < 4.78 is 0. The van der Waals surface area contributed by atoms with Gasteiger partial charge in [0.25, 0.3) is 0 Å². The fraction of sp³-hybridized carbons (Fsp3) is 0.636. The Bertz CT molecular complexity index is 264. The molecule has 0 fully saturated rings. The van der Waals surface area contributed by atoms with Gasteiger partial charge in [-0.1, -0.05) is 6.08 Å². The van der Waals surface area contributed by atoms with E-state index >= 15 is 0 Å². The Labute approximate surface area is 86.2 Å². The lowest BCUT2D eigenvalue weighted by atomic mass is 10.1. The molecule has 0 aliphatic carbocycles. The summed E-state index contributed by atoms with van der Waals surface area (Å²) in [5, 5.41) is 0. The summed E-state index contributed by atoms with van der Waals surface area (Å²) >= 11 is 0. The highest BCUT2D eigenvalue weighted by Gasteiger charge is 2.14. The first kappa shape index (κ1) is 11.0. The van der Waals surface area contributed by atoms with E-state index in [4.69, 9.17) is 0 Å². The average molecular weight is 193 g/mol. The standard InChI is InChI=1S/C11H19N3/c1-5-6-7-10-8-11(14(3)4)13-9(2)12-10/h5,9H,1,6-8H2,2-4H3. The van der Waals surface area contributed by atoms with Crippen LogP contribution in [-0.4, -0.2) is 36.7 Å². The maximum Gasteiger partial charge on any atom is 0.138 e. The van der Waals surface area contributed by atoms with Crippen LogP contribution in [0.2, 0.25) is 0 Å². The van der Waals surface area contributed by atoms with Gasteiger partial charge in [-0.15, -0.1) is 6.58 Å². The third-order valence-electron chi connectivity index (χ3n) is 2.22. The SMILES string of the molecule is C=CCCC1=NC(C)N=C(N(C)C)C1. The van der Waals surface area contributed by atoms with Gasteiger partial charge in [0.2, 0.25) is 0 Å². The molecule has 3 heteroatoms. The second-order valence-corrected chi connectivity index (χ2v) is 3.77. The number of amidine groups is 1. The van der Waals surface area contributed by atoms with Crippen molar-refractivity contribution in [2.75, 3.05) is 14.1 Å². The van der Waals surface area contributed by atoms with Crippen LogP contribution in [0.3, 0.4) is 0 Å². The lowest BCUT2D eigenvalue weighted by Gasteiger charge is -2.22. The van der Waals surface area contributed by atoms with Crippen LogP contribution in [0.1, 0.15) is 26.2 Å². The normalized spacial score (nSPS) is 21.2. The van der Waals surface area contributed by atoms with E-state index < -0.39 is 0 Å². The van der Waals surface area contributed by atoms with E-state index in [-0.39, 0.29) is 6.17 Å². The second kappa shape index (κ2) is 4.94. The third kappa shape index (κ3) is 2.98. The first-order valence-corrected chi connectivity index (χ1v) is 5.04. The van der Waals surface area contributed by atoms with Crippen LogP contribution in [0.5, 0.6) is 0 Å². The maximum absolute atomic E-state index is 4.51. The summed E-state index contributed by atoms with van der Waals surface area (Å²) in [6.07, 6.45) is 4.94. The van der Waals surface area contributed by atoms with Gasteiger partial charge in [0, 0.05) is 26.2 Å². The van der Waals surface area contributed by atoms with Crippen LogP contribution < -0.4 is 0 Å². The van der Waals surface area contributed by atoms with E-state index in [1.54, 1.807) is 0 Å². The molecule has 1 rings (SSSR count). The van der Waals surface area contributed by atoms with Crippen LogP contribution in [-0.2, 0) is 0 Å². The predicted molar refractivity (Wildman–Crippen MR) is 62.1 cm³/mol. The molecule has 0 saturated carbocycles. The van der Waals surface area contributed by atoms with Crippen LogP contribution in [0.4, 0.5) is 0 Å². The van der Waals surface area contributed by atoms with Crippen molar-refractivity contribution in [2.45, 2.75) is 32.4 Å². The largest absolute Gasteiger partial charge is 0.366 e. The topological polar surface area (TPSA) is 28.0 Å². The molecular formula is C11H19N3. The molecule has 0 radical (unpaired) electrons. The van der Waals surface area contributed by atoms with Crippen molar-refractivity contribution < 1.29 is 0 Å². The van der Waals surface area contributed by atoms with Crippen molar-refractivity contribution in [3.8, 4) is 0 Å². The smallest absolute Gasteiger partial charge is 0.138 e. The molecule has 3 nitrogen and oxygen atoms in total. The van der Waals surface area contributed by atoms with Crippen molar-refractivity contribution >= 4 is 11.5 Å². The monoisotopic (exact) mass is 193 g/mol. The fourth-order valence-electron chi connectivity index (χ4n) is 1.48. The zero-order valence-corrected chi connectivity index (χ0v) is 9.32. The van der Waals surface area contributed by atoms with E-state index in [2.05, 4.69) is 21.5 Å². The Kier molecular flexibility index (Phi) is 3.86. The van der Waals surface area contributed by atoms with E-state index in [9.17, 15) is 0 Å². The van der Waals surface area contributed by atoms with E-state index in [0.717, 1.165) is 25.1 Å². The summed E-state index contributed by atoms with van der Waals surface area (Å²) in [6.45, 7) is 5.75. The predicted octanol–water partition coefficient (Wildman–Crippen LogP) is 2.10. The van der Waals surface area contributed by atoms with E-state index in [0.29, 0.717) is 0 Å². The van der Waals surface area contributed by atoms with Gasteiger partial charge in [-0.2, -0.15) is 0 Å². The molecule has 0 aromatic carbocycles. The molecule has 14 heavy (non-hydrogen) atoms. The van der Waals surface area contributed by atoms with E-state index in [1.807, 2.05) is 27.1 Å². The molecule has 0 aromatic heterocycles. The van der Waals surface area contributed by atoms with Gasteiger partial charge in [-0.25, -0.2) is 4.99 Å². The van der Waals surface area contributed by atoms with Gasteiger partial charge in [0.05, 0.1) is 0 Å². The first-order chi connectivity index (χ1) is 6.63. The van der Waals surface area contributed by atoms with Crippen molar-refractivity contribution in [3.63, 3.8) is 0 Å². The fourth-order valence-corrected chi connectivity index (χ4v) is 1.48. The summed E-state index contributed by atoms with van der Waals surface area (Å²) in [4.78, 5) is 11.0. The highest BCUT2D eigenvalue weighted by atomic mass is 15.2. The van der Waals surface area contributed by atoms with Gasteiger partial charge in [0.1, 0.15) is 12.0 Å².